The molecule has 170 valence electrons. The lowest BCUT2D eigenvalue weighted by atomic mass is 10.0. The molecule has 1 aromatic carbocycles. The molecule has 0 amide bonds. The highest BCUT2D eigenvalue weighted by molar-refractivity contribution is 6.32. The number of rotatable bonds is 6. The van der Waals surface area contributed by atoms with Crippen LogP contribution in [0.4, 0.5) is 5.69 Å². The molecule has 0 saturated carbocycles. The summed E-state index contributed by atoms with van der Waals surface area (Å²) in [5.41, 5.74) is 6.33. The van der Waals surface area contributed by atoms with Gasteiger partial charge < -0.3 is 16.0 Å². The lowest BCUT2D eigenvalue weighted by molar-refractivity contribution is -0.574. The summed E-state index contributed by atoms with van der Waals surface area (Å²) in [6.07, 6.45) is 3.45. The van der Waals surface area contributed by atoms with Crippen LogP contribution in [0, 0.1) is 5.41 Å². The van der Waals surface area contributed by atoms with Crippen molar-refractivity contribution >= 4 is 50.6 Å². The summed E-state index contributed by atoms with van der Waals surface area (Å²) in [7, 11) is 3.63. The number of aromatic nitrogens is 4. The maximum atomic E-state index is 13.3. The molecule has 3 aromatic heterocycles. The molecule has 0 aliphatic rings. The maximum absolute atomic E-state index is 13.3. The summed E-state index contributed by atoms with van der Waals surface area (Å²) in [5.74, 6) is 0. The van der Waals surface area contributed by atoms with Gasteiger partial charge in [0.1, 0.15) is 11.4 Å². The Balaban J connectivity index is 2.08. The molecule has 0 aliphatic heterocycles. The third-order valence-electron chi connectivity index (χ3n) is 5.81. The number of nitrogens with two attached hydrogens (primary N) is 1. The van der Waals surface area contributed by atoms with Crippen molar-refractivity contribution < 1.29 is 5.32 Å². The number of anilines is 1. The zero-order chi connectivity index (χ0) is 23.9. The van der Waals surface area contributed by atoms with Gasteiger partial charge in [-0.1, -0.05) is 17.7 Å². The molecule has 4 rings (SSSR count). The van der Waals surface area contributed by atoms with Crippen LogP contribution in [-0.4, -0.2) is 38.4 Å². The highest BCUT2D eigenvalue weighted by Crippen LogP contribution is 2.32. The Labute approximate surface area is 196 Å². The van der Waals surface area contributed by atoms with Crippen molar-refractivity contribution in [1.29, 1.82) is 5.41 Å². The number of benzene rings is 1. The van der Waals surface area contributed by atoms with E-state index in [4.69, 9.17) is 17.0 Å². The first kappa shape index (κ1) is 22.7. The summed E-state index contributed by atoms with van der Waals surface area (Å²) in [6.45, 7) is 6.34. The second kappa shape index (κ2) is 8.80. The van der Waals surface area contributed by atoms with Crippen LogP contribution in [0.5, 0.6) is 0 Å². The molecule has 0 atom stereocenters. The van der Waals surface area contributed by atoms with E-state index in [1.165, 1.54) is 0 Å². The lowest BCUT2D eigenvalue weighted by Gasteiger charge is -2.12. The molecular formula is C24H27ClN7O+. The Kier molecular flexibility index (Phi) is 6.05. The van der Waals surface area contributed by atoms with Crippen LogP contribution in [0.1, 0.15) is 20.8 Å². The van der Waals surface area contributed by atoms with Crippen molar-refractivity contribution in [1.82, 2.24) is 19.1 Å². The van der Waals surface area contributed by atoms with E-state index in [1.807, 2.05) is 50.5 Å². The van der Waals surface area contributed by atoms with E-state index in [2.05, 4.69) is 15.3 Å². The predicted octanol–water partition coefficient (Wildman–Crippen LogP) is 3.46. The monoisotopic (exact) mass is 464 g/mol. The Hall–Kier alpha value is -3.49. The molecule has 33 heavy (non-hydrogen) atoms. The molecule has 0 unspecified atom stereocenters. The van der Waals surface area contributed by atoms with Crippen LogP contribution >= 0.6 is 11.6 Å². The minimum absolute atomic E-state index is 0.213. The summed E-state index contributed by atoms with van der Waals surface area (Å²) >= 11 is 6.23. The third-order valence-corrected chi connectivity index (χ3v) is 6.11. The van der Waals surface area contributed by atoms with Crippen molar-refractivity contribution in [3.8, 4) is 11.1 Å². The van der Waals surface area contributed by atoms with E-state index >= 15 is 0 Å². The number of pyridine rings is 2. The summed E-state index contributed by atoms with van der Waals surface area (Å²) in [6, 6.07) is 7.90. The first-order chi connectivity index (χ1) is 15.8. The molecule has 0 bridgehead atoms. The van der Waals surface area contributed by atoms with Gasteiger partial charge in [-0.15, -0.1) is 0 Å². The van der Waals surface area contributed by atoms with Gasteiger partial charge in [-0.25, -0.2) is 9.78 Å². The molecular weight excluding hydrogens is 438 g/mol. The standard InChI is InChI=1S/C24H26ClN7O/c1-6-28-19-10-16(11-30-23(19)25)15-7-8-18-17(9-15)22-20(12-29-18)31(5)24(33)32(22)21(13(2)26)14(3)27-4/h7-12,26-28H,6H2,1-5H3/p+1. The van der Waals surface area contributed by atoms with Crippen LogP contribution in [0.3, 0.4) is 0 Å². The number of allylic oxidation sites excluding steroid dienone is 2. The van der Waals surface area contributed by atoms with Crippen molar-refractivity contribution in [3.05, 3.63) is 58.0 Å². The van der Waals surface area contributed by atoms with Crippen LogP contribution in [0.15, 0.2) is 47.2 Å². The van der Waals surface area contributed by atoms with Gasteiger partial charge >= 0.3 is 5.69 Å². The number of hydrogen-bond acceptors (Lipinski definition) is 5. The smallest absolute Gasteiger partial charge is 0.333 e. The van der Waals surface area contributed by atoms with Gasteiger partial charge in [0.05, 0.1) is 41.2 Å². The Morgan fingerprint density at radius 1 is 1.18 bits per heavy atom. The van der Waals surface area contributed by atoms with Gasteiger partial charge in [-0.3, -0.25) is 14.1 Å². The SMILES string of the molecule is CCNc1cc(-c2ccc3ncc4c(c3c2)n(C(C(C)=N)=C(C)[NH2+]C)c(=O)n4C)cnc1Cl. The molecule has 9 heteroatoms. The van der Waals surface area contributed by atoms with Gasteiger partial charge in [0.15, 0.2) is 5.15 Å². The largest absolute Gasteiger partial charge is 0.383 e. The number of halogens is 1. The van der Waals surface area contributed by atoms with Crippen LogP contribution in [-0.2, 0) is 7.05 Å². The van der Waals surface area contributed by atoms with Gasteiger partial charge in [-0.05, 0) is 37.6 Å². The van der Waals surface area contributed by atoms with E-state index in [-0.39, 0.29) is 5.69 Å². The van der Waals surface area contributed by atoms with E-state index in [9.17, 15) is 4.79 Å². The fraction of sp³-hybridized carbons (Fsp3) is 0.250. The van der Waals surface area contributed by atoms with Crippen LogP contribution < -0.4 is 16.3 Å². The fourth-order valence-electron chi connectivity index (χ4n) is 4.08. The molecule has 0 saturated heterocycles. The normalized spacial score (nSPS) is 12.3. The molecule has 0 aliphatic carbocycles. The van der Waals surface area contributed by atoms with E-state index < -0.39 is 0 Å². The van der Waals surface area contributed by atoms with Gasteiger partial charge in [0.2, 0.25) is 0 Å². The molecule has 4 N–H and O–H groups in total. The van der Waals surface area contributed by atoms with Crippen molar-refractivity contribution in [2.24, 2.45) is 7.05 Å². The van der Waals surface area contributed by atoms with Crippen molar-refractivity contribution in [3.63, 3.8) is 0 Å². The molecule has 3 heterocycles. The Morgan fingerprint density at radius 2 is 1.94 bits per heavy atom. The zero-order valence-electron chi connectivity index (χ0n) is 19.3. The molecule has 0 spiro atoms. The lowest BCUT2D eigenvalue weighted by Crippen LogP contribution is -2.77. The minimum atomic E-state index is -0.213. The second-order valence-electron chi connectivity index (χ2n) is 7.94. The average Bonchev–Trinajstić information content (AvgIpc) is 3.05. The number of fused-ring (bicyclic) bond motifs is 3. The number of nitrogens with zero attached hydrogens (tertiary/aromatic N) is 4. The van der Waals surface area contributed by atoms with E-state index in [0.717, 1.165) is 45.5 Å². The van der Waals surface area contributed by atoms with Crippen LogP contribution in [0.25, 0.3) is 38.8 Å². The quantitative estimate of drug-likeness (QED) is 0.300. The van der Waals surface area contributed by atoms with E-state index in [0.29, 0.717) is 22.1 Å². The number of imidazole rings is 1. The summed E-state index contributed by atoms with van der Waals surface area (Å²) < 4.78 is 3.21. The molecule has 0 radical (unpaired) electrons. The molecule has 4 aromatic rings. The van der Waals surface area contributed by atoms with Crippen molar-refractivity contribution in [2.75, 3.05) is 18.9 Å². The highest BCUT2D eigenvalue weighted by atomic mass is 35.5. The topological polar surface area (TPSA) is 105 Å². The van der Waals surface area contributed by atoms with Crippen LogP contribution in [0.2, 0.25) is 5.15 Å². The predicted molar refractivity (Wildman–Crippen MR) is 135 cm³/mol. The van der Waals surface area contributed by atoms with Gasteiger partial charge in [-0.2, -0.15) is 0 Å². The highest BCUT2D eigenvalue weighted by Gasteiger charge is 2.22. The first-order valence-electron chi connectivity index (χ1n) is 10.7. The number of aryl methyl sites for hydroxylation is 1. The van der Waals surface area contributed by atoms with Gasteiger partial charge in [0.25, 0.3) is 0 Å². The Morgan fingerprint density at radius 3 is 2.61 bits per heavy atom. The number of quaternary nitrogens is 1. The van der Waals surface area contributed by atoms with E-state index in [1.54, 1.807) is 35.5 Å². The summed E-state index contributed by atoms with van der Waals surface area (Å²) in [5, 5.41) is 14.8. The van der Waals surface area contributed by atoms with Gasteiger partial charge in [0, 0.05) is 37.7 Å². The van der Waals surface area contributed by atoms with Crippen molar-refractivity contribution in [2.45, 2.75) is 20.8 Å². The molecule has 8 nitrogen and oxygen atoms in total. The maximum Gasteiger partial charge on any atom is 0.333 e. The average molecular weight is 465 g/mol. The fourth-order valence-corrected chi connectivity index (χ4v) is 4.25. The number of nitrogens with one attached hydrogen (secondary N) is 2. The minimum Gasteiger partial charge on any atom is -0.383 e. The zero-order valence-corrected chi connectivity index (χ0v) is 20.1. The second-order valence-corrected chi connectivity index (χ2v) is 8.30. The third kappa shape index (κ3) is 3.81. The summed E-state index contributed by atoms with van der Waals surface area (Å²) in [4.78, 5) is 22.2. The first-order valence-corrected chi connectivity index (χ1v) is 11.1. The molecule has 0 fully saturated rings. The number of hydrogen-bond donors (Lipinski definition) is 3. The Bertz CT molecular complexity index is 1500.